The van der Waals surface area contributed by atoms with Gasteiger partial charge in [-0.2, -0.15) is 5.10 Å². The summed E-state index contributed by atoms with van der Waals surface area (Å²) >= 11 is 0. The Labute approximate surface area is 80.0 Å². The van der Waals surface area contributed by atoms with E-state index in [0.717, 1.165) is 0 Å². The second kappa shape index (κ2) is 3.26. The predicted octanol–water partition coefficient (Wildman–Crippen LogP) is 2.37. The van der Waals surface area contributed by atoms with E-state index < -0.39 is 0 Å². The molecule has 0 bridgehead atoms. The first kappa shape index (κ1) is 9.85. The van der Waals surface area contributed by atoms with Gasteiger partial charge in [-0.15, -0.1) is 6.42 Å². The normalized spacial score (nSPS) is 11.7. The Bertz CT molecular complexity index is 326. The predicted molar refractivity (Wildman–Crippen MR) is 54.5 cm³/mol. The van der Waals surface area contributed by atoms with Crippen LogP contribution in [0.2, 0.25) is 0 Å². The zero-order chi connectivity index (χ0) is 10.1. The minimum atomic E-state index is -0.326. The van der Waals surface area contributed by atoms with Crippen molar-refractivity contribution in [2.24, 2.45) is 0 Å². The lowest BCUT2D eigenvalue weighted by Gasteiger charge is -2.17. The summed E-state index contributed by atoms with van der Waals surface area (Å²) in [5.41, 5.74) is 0.899. The molecule has 1 rings (SSSR count). The first-order chi connectivity index (χ1) is 5.97. The average molecular weight is 176 g/mol. The summed E-state index contributed by atoms with van der Waals surface area (Å²) in [4.78, 5) is 0. The molecule has 0 saturated heterocycles. The zero-order valence-electron chi connectivity index (χ0n) is 8.70. The van der Waals surface area contributed by atoms with E-state index in [0.29, 0.717) is 5.92 Å². The van der Waals surface area contributed by atoms with Crippen molar-refractivity contribution in [2.45, 2.75) is 39.2 Å². The Balaban J connectivity index is 3.00. The number of terminal acetylenes is 1. The number of aromatic nitrogens is 2. The molecule has 70 valence electrons. The van der Waals surface area contributed by atoms with Crippen molar-refractivity contribution in [2.75, 3.05) is 0 Å². The summed E-state index contributed by atoms with van der Waals surface area (Å²) in [7, 11) is 0. The lowest BCUT2D eigenvalue weighted by molar-refractivity contribution is 0.423. The SMILES string of the molecule is C#CC(C)(C)n1cc(C(C)C)cn1. The van der Waals surface area contributed by atoms with Crippen molar-refractivity contribution in [3.63, 3.8) is 0 Å². The van der Waals surface area contributed by atoms with Crippen LogP contribution in [0.15, 0.2) is 12.4 Å². The van der Waals surface area contributed by atoms with Crippen LogP contribution in [0.25, 0.3) is 0 Å². The molecule has 0 saturated carbocycles. The third kappa shape index (κ3) is 1.92. The average Bonchev–Trinajstić information content (AvgIpc) is 2.52. The van der Waals surface area contributed by atoms with Crippen LogP contribution in [0.5, 0.6) is 0 Å². The van der Waals surface area contributed by atoms with Gasteiger partial charge in [-0.25, -0.2) is 0 Å². The van der Waals surface area contributed by atoms with E-state index in [-0.39, 0.29) is 5.54 Å². The third-order valence-electron chi connectivity index (χ3n) is 2.20. The fourth-order valence-electron chi connectivity index (χ4n) is 1.01. The van der Waals surface area contributed by atoms with Gasteiger partial charge in [0.25, 0.3) is 0 Å². The zero-order valence-corrected chi connectivity index (χ0v) is 8.70. The van der Waals surface area contributed by atoms with Crippen LogP contribution in [0.1, 0.15) is 39.2 Å². The molecule has 0 aromatic carbocycles. The van der Waals surface area contributed by atoms with Gasteiger partial charge < -0.3 is 0 Å². The Hall–Kier alpha value is -1.23. The molecule has 13 heavy (non-hydrogen) atoms. The Morgan fingerprint density at radius 1 is 1.54 bits per heavy atom. The van der Waals surface area contributed by atoms with Crippen LogP contribution in [0.3, 0.4) is 0 Å². The van der Waals surface area contributed by atoms with Gasteiger partial charge in [-0.1, -0.05) is 19.8 Å². The van der Waals surface area contributed by atoms with Gasteiger partial charge in [0.2, 0.25) is 0 Å². The number of hydrogen-bond acceptors (Lipinski definition) is 1. The quantitative estimate of drug-likeness (QED) is 0.632. The largest absolute Gasteiger partial charge is 0.255 e. The van der Waals surface area contributed by atoms with E-state index in [2.05, 4.69) is 24.9 Å². The van der Waals surface area contributed by atoms with Gasteiger partial charge >= 0.3 is 0 Å². The lowest BCUT2D eigenvalue weighted by Crippen LogP contribution is -2.24. The van der Waals surface area contributed by atoms with Gasteiger partial charge in [-0.05, 0) is 25.3 Å². The van der Waals surface area contributed by atoms with Crippen LogP contribution in [0, 0.1) is 12.3 Å². The standard InChI is InChI=1S/C11H16N2/c1-6-11(4,5)13-8-10(7-12-13)9(2)3/h1,7-9H,2-5H3. The van der Waals surface area contributed by atoms with Crippen molar-refractivity contribution in [1.29, 1.82) is 0 Å². The van der Waals surface area contributed by atoms with Crippen LogP contribution in [-0.4, -0.2) is 9.78 Å². The molecule has 0 N–H and O–H groups in total. The molecular formula is C11H16N2. The summed E-state index contributed by atoms with van der Waals surface area (Å²) in [5, 5.41) is 4.25. The maximum Gasteiger partial charge on any atom is 0.117 e. The van der Waals surface area contributed by atoms with Gasteiger partial charge in [-0.3, -0.25) is 4.68 Å². The highest BCUT2D eigenvalue weighted by Gasteiger charge is 2.17. The minimum absolute atomic E-state index is 0.326. The molecule has 0 atom stereocenters. The van der Waals surface area contributed by atoms with Crippen LogP contribution < -0.4 is 0 Å². The Kier molecular flexibility index (Phi) is 2.47. The van der Waals surface area contributed by atoms with Gasteiger partial charge in [0, 0.05) is 6.20 Å². The molecule has 1 heterocycles. The van der Waals surface area contributed by atoms with Gasteiger partial charge in [0.1, 0.15) is 5.54 Å². The number of hydrogen-bond donors (Lipinski definition) is 0. The minimum Gasteiger partial charge on any atom is -0.255 e. The van der Waals surface area contributed by atoms with Crippen LogP contribution in [0.4, 0.5) is 0 Å². The summed E-state index contributed by atoms with van der Waals surface area (Å²) in [6, 6.07) is 0. The van der Waals surface area contributed by atoms with Gasteiger partial charge in [0.15, 0.2) is 0 Å². The first-order valence-corrected chi connectivity index (χ1v) is 4.50. The molecule has 2 heteroatoms. The van der Waals surface area contributed by atoms with Crippen molar-refractivity contribution < 1.29 is 0 Å². The Morgan fingerprint density at radius 2 is 2.15 bits per heavy atom. The molecule has 0 aliphatic carbocycles. The van der Waals surface area contributed by atoms with Gasteiger partial charge in [0.05, 0.1) is 6.20 Å². The van der Waals surface area contributed by atoms with Crippen molar-refractivity contribution in [1.82, 2.24) is 9.78 Å². The topological polar surface area (TPSA) is 17.8 Å². The highest BCUT2D eigenvalue weighted by Crippen LogP contribution is 2.17. The Morgan fingerprint density at radius 3 is 2.54 bits per heavy atom. The van der Waals surface area contributed by atoms with Crippen molar-refractivity contribution >= 4 is 0 Å². The van der Waals surface area contributed by atoms with E-state index in [9.17, 15) is 0 Å². The highest BCUT2D eigenvalue weighted by molar-refractivity contribution is 5.13. The molecule has 0 spiro atoms. The second-order valence-electron chi connectivity index (χ2n) is 4.08. The molecular weight excluding hydrogens is 160 g/mol. The van der Waals surface area contributed by atoms with E-state index >= 15 is 0 Å². The fourth-order valence-corrected chi connectivity index (χ4v) is 1.01. The number of nitrogens with zero attached hydrogens (tertiary/aromatic N) is 2. The van der Waals surface area contributed by atoms with E-state index in [1.807, 2.05) is 30.9 Å². The summed E-state index contributed by atoms with van der Waals surface area (Å²) in [6.45, 7) is 8.24. The summed E-state index contributed by atoms with van der Waals surface area (Å²) in [5.74, 6) is 3.21. The molecule has 0 aliphatic rings. The van der Waals surface area contributed by atoms with E-state index in [1.165, 1.54) is 5.56 Å². The third-order valence-corrected chi connectivity index (χ3v) is 2.20. The first-order valence-electron chi connectivity index (χ1n) is 4.50. The molecule has 0 aliphatic heterocycles. The smallest absolute Gasteiger partial charge is 0.117 e. The molecule has 1 aromatic rings. The molecule has 0 unspecified atom stereocenters. The molecule has 2 nitrogen and oxygen atoms in total. The molecule has 0 radical (unpaired) electrons. The maximum absolute atomic E-state index is 5.41. The highest BCUT2D eigenvalue weighted by atomic mass is 15.3. The van der Waals surface area contributed by atoms with Crippen LogP contribution in [-0.2, 0) is 5.54 Å². The van der Waals surface area contributed by atoms with E-state index in [1.54, 1.807) is 0 Å². The van der Waals surface area contributed by atoms with Crippen molar-refractivity contribution in [3.8, 4) is 12.3 Å². The monoisotopic (exact) mass is 176 g/mol. The lowest BCUT2D eigenvalue weighted by atomic mass is 10.1. The van der Waals surface area contributed by atoms with E-state index in [4.69, 9.17) is 6.42 Å². The fraction of sp³-hybridized carbons (Fsp3) is 0.545. The van der Waals surface area contributed by atoms with Crippen molar-refractivity contribution in [3.05, 3.63) is 18.0 Å². The summed E-state index contributed by atoms with van der Waals surface area (Å²) in [6.07, 6.45) is 9.31. The number of rotatable bonds is 2. The van der Waals surface area contributed by atoms with Crippen LogP contribution >= 0.6 is 0 Å². The molecule has 0 amide bonds. The molecule has 0 fully saturated rings. The molecule has 1 aromatic heterocycles. The second-order valence-corrected chi connectivity index (χ2v) is 4.08. The summed E-state index contributed by atoms with van der Waals surface area (Å²) < 4.78 is 1.84. The maximum atomic E-state index is 5.41.